The number of aliphatic hydroxyl groups excluding tert-OH is 1. The highest BCUT2D eigenvalue weighted by Crippen LogP contribution is 2.09. The SMILES string of the molecule is CC/C=C\C/C=C\C/C=C\C/C=C\C/C=C\C/C=C\CCCCCCC(=O)OC(CO)COCCCCCCCCC. The van der Waals surface area contributed by atoms with Crippen LogP contribution in [0.2, 0.25) is 0 Å². The van der Waals surface area contributed by atoms with Crippen LogP contribution in [0.15, 0.2) is 72.9 Å². The van der Waals surface area contributed by atoms with Crippen LogP contribution in [-0.4, -0.2) is 37.0 Å². The summed E-state index contributed by atoms with van der Waals surface area (Å²) in [6.07, 6.45) is 46.5. The molecule has 0 aliphatic carbocycles. The highest BCUT2D eigenvalue weighted by atomic mass is 16.6. The van der Waals surface area contributed by atoms with E-state index >= 15 is 0 Å². The van der Waals surface area contributed by atoms with Crippen LogP contribution in [-0.2, 0) is 14.3 Å². The lowest BCUT2D eigenvalue weighted by Gasteiger charge is -2.15. The summed E-state index contributed by atoms with van der Waals surface area (Å²) >= 11 is 0. The van der Waals surface area contributed by atoms with Crippen LogP contribution in [0.4, 0.5) is 0 Å². The molecule has 0 aromatic heterocycles. The Kier molecular flexibility index (Phi) is 33.2. The Balaban J connectivity index is 3.59. The molecule has 0 rings (SSSR count). The minimum absolute atomic E-state index is 0.186. The fourth-order valence-electron chi connectivity index (χ4n) is 4.27. The van der Waals surface area contributed by atoms with E-state index in [-0.39, 0.29) is 19.2 Å². The van der Waals surface area contributed by atoms with E-state index in [1.54, 1.807) is 0 Å². The number of rotatable bonds is 30. The lowest BCUT2D eigenvalue weighted by atomic mass is 10.1. The summed E-state index contributed by atoms with van der Waals surface area (Å²) in [4.78, 5) is 12.1. The number of ether oxygens (including phenoxy) is 2. The molecule has 0 aromatic rings. The third-order valence-corrected chi connectivity index (χ3v) is 6.80. The maximum Gasteiger partial charge on any atom is 0.306 e. The highest BCUT2D eigenvalue weighted by Gasteiger charge is 2.13. The molecular weight excluding hydrogens is 520 g/mol. The van der Waals surface area contributed by atoms with Crippen molar-refractivity contribution in [3.8, 4) is 0 Å². The summed E-state index contributed by atoms with van der Waals surface area (Å²) in [6.45, 7) is 5.15. The summed E-state index contributed by atoms with van der Waals surface area (Å²) in [7, 11) is 0. The molecule has 4 heteroatoms. The number of unbranched alkanes of at least 4 members (excludes halogenated alkanes) is 10. The van der Waals surface area contributed by atoms with Gasteiger partial charge in [-0.1, -0.05) is 138 Å². The van der Waals surface area contributed by atoms with Gasteiger partial charge in [-0.25, -0.2) is 0 Å². The molecule has 0 spiro atoms. The second kappa shape index (κ2) is 35.0. The second-order valence-electron chi connectivity index (χ2n) is 10.9. The molecule has 0 saturated carbocycles. The average molecular weight is 585 g/mol. The monoisotopic (exact) mass is 584 g/mol. The van der Waals surface area contributed by atoms with E-state index in [0.717, 1.165) is 77.0 Å². The van der Waals surface area contributed by atoms with Gasteiger partial charge in [0.25, 0.3) is 0 Å². The van der Waals surface area contributed by atoms with Gasteiger partial charge >= 0.3 is 5.97 Å². The normalized spacial score (nSPS) is 13.3. The highest BCUT2D eigenvalue weighted by molar-refractivity contribution is 5.69. The zero-order valence-corrected chi connectivity index (χ0v) is 27.2. The Bertz CT molecular complexity index is 744. The molecule has 0 radical (unpaired) electrons. The number of aliphatic hydroxyl groups is 1. The molecule has 1 atom stereocenters. The smallest absolute Gasteiger partial charge is 0.306 e. The number of esters is 1. The fourth-order valence-corrected chi connectivity index (χ4v) is 4.27. The van der Waals surface area contributed by atoms with Crippen molar-refractivity contribution in [2.45, 2.75) is 142 Å². The van der Waals surface area contributed by atoms with E-state index in [1.807, 2.05) is 0 Å². The van der Waals surface area contributed by atoms with Gasteiger partial charge in [0, 0.05) is 13.0 Å². The summed E-state index contributed by atoms with van der Waals surface area (Å²) < 4.78 is 11.0. The van der Waals surface area contributed by atoms with E-state index in [4.69, 9.17) is 9.47 Å². The molecule has 0 aromatic carbocycles. The first-order valence-corrected chi connectivity index (χ1v) is 17.0. The molecule has 1 unspecified atom stereocenters. The molecule has 0 aliphatic heterocycles. The number of allylic oxidation sites excluding steroid dienone is 12. The van der Waals surface area contributed by atoms with Gasteiger partial charge in [-0.2, -0.15) is 0 Å². The first-order valence-electron chi connectivity index (χ1n) is 17.0. The minimum Gasteiger partial charge on any atom is -0.457 e. The number of carbonyl (C=O) groups is 1. The third kappa shape index (κ3) is 32.3. The van der Waals surface area contributed by atoms with Crippen molar-refractivity contribution in [3.05, 3.63) is 72.9 Å². The fraction of sp³-hybridized carbons (Fsp3) is 0.658. The van der Waals surface area contributed by atoms with E-state index in [2.05, 4.69) is 86.8 Å². The standard InChI is InChI=1S/C38H64O4/c1-3-5-7-9-11-12-13-14-15-16-17-18-19-20-21-22-23-24-25-26-27-29-31-33-38(40)42-37(35-39)36-41-34-32-30-28-10-8-6-4-2/h5,7,11-12,14-15,17-18,20-21,23-24,37,39H,3-4,6,8-10,13,16,19,22,25-36H2,1-2H3/b7-5-,12-11-,15-14-,18-17-,21-20-,24-23-. The van der Waals surface area contributed by atoms with Crippen LogP contribution < -0.4 is 0 Å². The van der Waals surface area contributed by atoms with Crippen LogP contribution >= 0.6 is 0 Å². The van der Waals surface area contributed by atoms with E-state index in [0.29, 0.717) is 13.0 Å². The van der Waals surface area contributed by atoms with Gasteiger partial charge in [0.15, 0.2) is 0 Å². The molecule has 1 N–H and O–H groups in total. The van der Waals surface area contributed by atoms with Gasteiger partial charge in [-0.3, -0.25) is 4.79 Å². The van der Waals surface area contributed by atoms with Crippen molar-refractivity contribution in [3.63, 3.8) is 0 Å². The summed E-state index contributed by atoms with van der Waals surface area (Å²) in [6, 6.07) is 0. The van der Waals surface area contributed by atoms with Crippen LogP contribution in [0.1, 0.15) is 136 Å². The van der Waals surface area contributed by atoms with Crippen LogP contribution in [0, 0.1) is 0 Å². The Labute approximate surface area is 259 Å². The topological polar surface area (TPSA) is 55.8 Å². The molecule has 42 heavy (non-hydrogen) atoms. The Morgan fingerprint density at radius 1 is 0.595 bits per heavy atom. The van der Waals surface area contributed by atoms with E-state index in [9.17, 15) is 9.90 Å². The molecule has 0 bridgehead atoms. The van der Waals surface area contributed by atoms with Crippen molar-refractivity contribution in [2.75, 3.05) is 19.8 Å². The van der Waals surface area contributed by atoms with Crippen molar-refractivity contribution < 1.29 is 19.4 Å². The maximum atomic E-state index is 12.1. The Morgan fingerprint density at radius 3 is 1.62 bits per heavy atom. The molecule has 4 nitrogen and oxygen atoms in total. The van der Waals surface area contributed by atoms with Gasteiger partial charge in [-0.15, -0.1) is 0 Å². The molecule has 0 fully saturated rings. The zero-order chi connectivity index (χ0) is 30.6. The molecule has 0 heterocycles. The molecular formula is C38H64O4. The number of hydrogen-bond donors (Lipinski definition) is 1. The Morgan fingerprint density at radius 2 is 1.07 bits per heavy atom. The van der Waals surface area contributed by atoms with Crippen molar-refractivity contribution >= 4 is 5.97 Å². The minimum atomic E-state index is -0.546. The number of carbonyl (C=O) groups excluding carboxylic acids is 1. The largest absolute Gasteiger partial charge is 0.457 e. The first-order chi connectivity index (χ1) is 20.7. The quantitative estimate of drug-likeness (QED) is 0.0518. The maximum absolute atomic E-state index is 12.1. The molecule has 240 valence electrons. The van der Waals surface area contributed by atoms with Crippen LogP contribution in [0.3, 0.4) is 0 Å². The van der Waals surface area contributed by atoms with E-state index in [1.165, 1.54) is 38.5 Å². The zero-order valence-electron chi connectivity index (χ0n) is 27.2. The van der Waals surface area contributed by atoms with Crippen molar-refractivity contribution in [1.29, 1.82) is 0 Å². The van der Waals surface area contributed by atoms with Gasteiger partial charge < -0.3 is 14.6 Å². The lowest BCUT2D eigenvalue weighted by Crippen LogP contribution is -2.27. The van der Waals surface area contributed by atoms with Crippen LogP contribution in [0.25, 0.3) is 0 Å². The Hall–Kier alpha value is -2.17. The lowest BCUT2D eigenvalue weighted by molar-refractivity contribution is -0.154. The van der Waals surface area contributed by atoms with Gasteiger partial charge in [0.05, 0.1) is 13.2 Å². The van der Waals surface area contributed by atoms with Crippen LogP contribution in [0.5, 0.6) is 0 Å². The first kappa shape index (κ1) is 39.8. The predicted octanol–water partition coefficient (Wildman–Crippen LogP) is 10.7. The van der Waals surface area contributed by atoms with Crippen molar-refractivity contribution in [1.82, 2.24) is 0 Å². The molecule has 0 saturated heterocycles. The summed E-state index contributed by atoms with van der Waals surface area (Å²) in [5, 5.41) is 9.48. The molecule has 0 aliphatic rings. The number of hydrogen-bond acceptors (Lipinski definition) is 4. The van der Waals surface area contributed by atoms with Crippen molar-refractivity contribution in [2.24, 2.45) is 0 Å². The van der Waals surface area contributed by atoms with Gasteiger partial charge in [-0.05, 0) is 64.2 Å². The predicted molar refractivity (Wildman–Crippen MR) is 182 cm³/mol. The molecule has 0 amide bonds. The van der Waals surface area contributed by atoms with E-state index < -0.39 is 6.10 Å². The van der Waals surface area contributed by atoms with Gasteiger partial charge in [0.1, 0.15) is 6.10 Å². The summed E-state index contributed by atoms with van der Waals surface area (Å²) in [5.74, 6) is -0.231. The average Bonchev–Trinajstić information content (AvgIpc) is 3.00. The second-order valence-corrected chi connectivity index (χ2v) is 10.9. The third-order valence-electron chi connectivity index (χ3n) is 6.80. The summed E-state index contributed by atoms with van der Waals surface area (Å²) in [5.41, 5.74) is 0. The van der Waals surface area contributed by atoms with Gasteiger partial charge in [0.2, 0.25) is 0 Å².